The van der Waals surface area contributed by atoms with Crippen LogP contribution in [-0.2, 0) is 6.42 Å². The Hall–Kier alpha value is -6.50. The lowest BCUT2D eigenvalue weighted by Crippen LogP contribution is -2.37. The molecule has 4 N–H and O–H groups in total. The third kappa shape index (κ3) is 8.23. The first-order chi connectivity index (χ1) is 28.1. The van der Waals surface area contributed by atoms with Crippen molar-refractivity contribution in [3.8, 4) is 22.5 Å². The van der Waals surface area contributed by atoms with Gasteiger partial charge in [0, 0.05) is 33.1 Å². The number of nitrogens with one attached hydrogen (secondary N) is 2. The first-order valence-corrected chi connectivity index (χ1v) is 19.9. The first kappa shape index (κ1) is 38.8. The quantitative estimate of drug-likeness (QED) is 0.102. The molecule has 1 atom stereocenters. The number of allylic oxidation sites excluding steroid dienone is 1. The third-order valence-corrected chi connectivity index (χ3v) is 10.1. The SMILES string of the molecule is C/C=C\c1c(-c2ccc3c(c2)c2ccccc2n3-c2cccc(Cc3ccccc3)c2)c2ccccc2n1-c1ccccc1.CC.CNNC(N)c1ccccc1. The van der Waals surface area contributed by atoms with Gasteiger partial charge in [-0.2, -0.15) is 0 Å². The molecule has 57 heavy (non-hydrogen) atoms. The molecule has 0 radical (unpaired) electrons. The van der Waals surface area contributed by atoms with Gasteiger partial charge in [-0.15, -0.1) is 0 Å². The topological polar surface area (TPSA) is 59.9 Å². The minimum absolute atomic E-state index is 0.138. The van der Waals surface area contributed by atoms with Crippen LogP contribution in [0.2, 0.25) is 0 Å². The van der Waals surface area contributed by atoms with Gasteiger partial charge in [0.15, 0.2) is 0 Å². The van der Waals surface area contributed by atoms with E-state index in [9.17, 15) is 0 Å². The molecule has 0 saturated carbocycles. The fraction of sp³-hybridized carbons (Fsp3) is 0.115. The van der Waals surface area contributed by atoms with E-state index >= 15 is 0 Å². The molecule has 0 aliphatic heterocycles. The highest BCUT2D eigenvalue weighted by Crippen LogP contribution is 2.41. The molecule has 0 aliphatic carbocycles. The van der Waals surface area contributed by atoms with Crippen LogP contribution in [0.3, 0.4) is 0 Å². The van der Waals surface area contributed by atoms with Crippen LogP contribution in [0, 0.1) is 0 Å². The number of nitrogens with zero attached hydrogens (tertiary/aromatic N) is 2. The molecule has 9 rings (SSSR count). The number of nitrogens with two attached hydrogens (primary N) is 1. The number of aromatic nitrogens is 2. The van der Waals surface area contributed by atoms with Crippen LogP contribution in [0.15, 0.2) is 188 Å². The van der Waals surface area contributed by atoms with Crippen LogP contribution in [-0.4, -0.2) is 16.2 Å². The van der Waals surface area contributed by atoms with Crippen molar-refractivity contribution in [2.24, 2.45) is 5.73 Å². The Morgan fingerprint density at radius 1 is 0.544 bits per heavy atom. The molecular formula is C52H51N5. The maximum absolute atomic E-state index is 5.73. The summed E-state index contributed by atoms with van der Waals surface area (Å²) in [5.74, 6) is 0. The van der Waals surface area contributed by atoms with Crippen LogP contribution in [0.4, 0.5) is 0 Å². The van der Waals surface area contributed by atoms with Crippen molar-refractivity contribution >= 4 is 38.8 Å². The lowest BCUT2D eigenvalue weighted by molar-refractivity contribution is 0.488. The maximum atomic E-state index is 5.73. The van der Waals surface area contributed by atoms with Crippen molar-refractivity contribution < 1.29 is 0 Å². The summed E-state index contributed by atoms with van der Waals surface area (Å²) in [5.41, 5.74) is 24.8. The van der Waals surface area contributed by atoms with Crippen LogP contribution >= 0.6 is 0 Å². The largest absolute Gasteiger partial charge is 0.311 e. The fourth-order valence-corrected chi connectivity index (χ4v) is 7.68. The second-order valence-electron chi connectivity index (χ2n) is 13.6. The Bertz CT molecular complexity index is 2710. The summed E-state index contributed by atoms with van der Waals surface area (Å²) < 4.78 is 4.80. The molecule has 9 aromatic rings. The highest BCUT2D eigenvalue weighted by Gasteiger charge is 2.20. The van der Waals surface area contributed by atoms with Crippen LogP contribution < -0.4 is 16.6 Å². The number of rotatable bonds is 9. The van der Waals surface area contributed by atoms with Gasteiger partial charge in [0.25, 0.3) is 0 Å². The molecule has 0 fully saturated rings. The molecule has 5 nitrogen and oxygen atoms in total. The lowest BCUT2D eigenvalue weighted by atomic mass is 9.99. The van der Waals surface area contributed by atoms with E-state index in [2.05, 4.69) is 191 Å². The summed E-state index contributed by atoms with van der Waals surface area (Å²) in [5, 5.41) is 3.77. The molecule has 0 spiro atoms. The Kier molecular flexibility index (Phi) is 12.5. The molecule has 0 aliphatic rings. The van der Waals surface area contributed by atoms with E-state index in [-0.39, 0.29) is 6.17 Å². The zero-order valence-corrected chi connectivity index (χ0v) is 33.2. The van der Waals surface area contributed by atoms with Gasteiger partial charge in [-0.05, 0) is 97.3 Å². The molecular weight excluding hydrogens is 695 g/mol. The normalized spacial score (nSPS) is 11.7. The van der Waals surface area contributed by atoms with Gasteiger partial charge in [-0.1, -0.05) is 153 Å². The average Bonchev–Trinajstić information content (AvgIpc) is 3.78. The standard InChI is InChI=1S/C42H32N2.C8H13N3.C2H6/c1-2-14-41-42(36-22-10-12-24-39(36)43(41)33-18-7-4-8-19-33)32-25-26-40-37(29-32)35-21-9-11-23-38(35)44(40)34-20-13-17-31(28-34)27-30-15-5-3-6-16-30;1-10-11-8(9)7-5-3-2-4-6-7;1-2/h2-26,28-29H,27H2,1H3;2-6,8,10-11H,9H2,1H3;1-2H3/b14-2-;;. The minimum Gasteiger partial charge on any atom is -0.311 e. The minimum atomic E-state index is -0.138. The van der Waals surface area contributed by atoms with E-state index in [1.807, 2.05) is 44.2 Å². The molecule has 1 unspecified atom stereocenters. The number of para-hydroxylation sites is 3. The van der Waals surface area contributed by atoms with E-state index in [4.69, 9.17) is 5.73 Å². The second-order valence-corrected chi connectivity index (χ2v) is 13.6. The van der Waals surface area contributed by atoms with Crippen molar-refractivity contribution in [3.63, 3.8) is 0 Å². The van der Waals surface area contributed by atoms with E-state index in [0.717, 1.165) is 17.7 Å². The van der Waals surface area contributed by atoms with Crippen LogP contribution in [0.1, 0.15) is 49.3 Å². The Morgan fingerprint density at radius 3 is 1.79 bits per heavy atom. The van der Waals surface area contributed by atoms with E-state index in [0.29, 0.717) is 0 Å². The Balaban J connectivity index is 0.000000329. The van der Waals surface area contributed by atoms with Gasteiger partial charge in [-0.25, -0.2) is 5.43 Å². The van der Waals surface area contributed by atoms with Crippen LogP contribution in [0.25, 0.3) is 61.3 Å². The van der Waals surface area contributed by atoms with Crippen molar-refractivity contribution in [1.29, 1.82) is 0 Å². The zero-order valence-electron chi connectivity index (χ0n) is 33.2. The second kappa shape index (κ2) is 18.4. The van der Waals surface area contributed by atoms with Crippen molar-refractivity contribution in [2.75, 3.05) is 7.05 Å². The third-order valence-electron chi connectivity index (χ3n) is 10.1. The van der Waals surface area contributed by atoms with Gasteiger partial charge in [0.2, 0.25) is 0 Å². The van der Waals surface area contributed by atoms with E-state index < -0.39 is 0 Å². The molecule has 0 saturated heterocycles. The number of benzene rings is 7. The summed E-state index contributed by atoms with van der Waals surface area (Å²) in [6, 6.07) is 64.8. The number of hydrogen-bond acceptors (Lipinski definition) is 3. The summed E-state index contributed by atoms with van der Waals surface area (Å²) in [6.07, 6.45) is 5.16. The predicted octanol–water partition coefficient (Wildman–Crippen LogP) is 12.4. The Labute approximate surface area is 336 Å². The summed E-state index contributed by atoms with van der Waals surface area (Å²) in [6.45, 7) is 6.10. The smallest absolute Gasteiger partial charge is 0.0938 e. The van der Waals surface area contributed by atoms with Gasteiger partial charge >= 0.3 is 0 Å². The van der Waals surface area contributed by atoms with E-state index in [1.165, 1.54) is 66.3 Å². The van der Waals surface area contributed by atoms with E-state index in [1.54, 1.807) is 7.05 Å². The average molecular weight is 746 g/mol. The number of hydrogen-bond donors (Lipinski definition) is 3. The monoisotopic (exact) mass is 745 g/mol. The molecule has 2 aromatic heterocycles. The molecule has 2 heterocycles. The molecule has 0 amide bonds. The first-order valence-electron chi connectivity index (χ1n) is 19.9. The number of fused-ring (bicyclic) bond motifs is 4. The summed E-state index contributed by atoms with van der Waals surface area (Å²) in [7, 11) is 1.79. The van der Waals surface area contributed by atoms with Crippen molar-refractivity contribution in [3.05, 3.63) is 210 Å². The zero-order chi connectivity index (χ0) is 39.6. The van der Waals surface area contributed by atoms with Gasteiger partial charge in [-0.3, -0.25) is 5.43 Å². The van der Waals surface area contributed by atoms with Crippen molar-refractivity contribution in [2.45, 2.75) is 33.4 Å². The predicted molar refractivity (Wildman–Crippen MR) is 244 cm³/mol. The van der Waals surface area contributed by atoms with Gasteiger partial charge < -0.3 is 14.9 Å². The molecule has 7 aromatic carbocycles. The van der Waals surface area contributed by atoms with Crippen LogP contribution in [0.5, 0.6) is 0 Å². The number of hydrazine groups is 1. The molecule has 5 heteroatoms. The van der Waals surface area contributed by atoms with Gasteiger partial charge in [0.1, 0.15) is 0 Å². The fourth-order valence-electron chi connectivity index (χ4n) is 7.68. The lowest BCUT2D eigenvalue weighted by Gasteiger charge is -2.12. The summed E-state index contributed by atoms with van der Waals surface area (Å²) >= 11 is 0. The van der Waals surface area contributed by atoms with Crippen molar-refractivity contribution in [1.82, 2.24) is 20.0 Å². The Morgan fingerprint density at radius 2 is 1.11 bits per heavy atom. The molecule has 0 bridgehead atoms. The maximum Gasteiger partial charge on any atom is 0.0938 e. The molecule has 284 valence electrons. The highest BCUT2D eigenvalue weighted by molar-refractivity contribution is 6.12. The van der Waals surface area contributed by atoms with Gasteiger partial charge in [0.05, 0.1) is 28.4 Å². The highest BCUT2D eigenvalue weighted by atomic mass is 15.4. The summed E-state index contributed by atoms with van der Waals surface area (Å²) in [4.78, 5) is 0.